The molecule has 7 nitrogen and oxygen atoms in total. The lowest BCUT2D eigenvalue weighted by atomic mass is 9.65. The Hall–Kier alpha value is -2.38. The Balaban J connectivity index is 1.96. The Kier molecular flexibility index (Phi) is 5.74. The van der Waals surface area contributed by atoms with Gasteiger partial charge in [0.2, 0.25) is 5.78 Å². The molecule has 0 atom stereocenters. The van der Waals surface area contributed by atoms with Gasteiger partial charge in [-0.3, -0.25) is 14.4 Å². The van der Waals surface area contributed by atoms with Crippen molar-refractivity contribution < 1.29 is 29.0 Å². The van der Waals surface area contributed by atoms with Crippen LogP contribution in [-0.4, -0.2) is 48.1 Å². The van der Waals surface area contributed by atoms with Gasteiger partial charge in [0.25, 0.3) is 5.91 Å². The molecular weight excluding hydrogens is 398 g/mol. The molecule has 1 aliphatic heterocycles. The van der Waals surface area contributed by atoms with Crippen LogP contribution in [0.4, 0.5) is 0 Å². The third-order valence-corrected chi connectivity index (χ3v) is 5.38. The highest BCUT2D eigenvalue weighted by molar-refractivity contribution is 6.38. The third kappa shape index (κ3) is 4.02. The molecule has 0 bridgehead atoms. The van der Waals surface area contributed by atoms with E-state index in [9.17, 15) is 19.5 Å². The molecule has 2 N–H and O–H groups in total. The van der Waals surface area contributed by atoms with Crippen molar-refractivity contribution in [2.75, 3.05) is 19.8 Å². The van der Waals surface area contributed by atoms with Crippen LogP contribution in [0.3, 0.4) is 0 Å². The summed E-state index contributed by atoms with van der Waals surface area (Å²) in [6.07, 6.45) is 0.810. The maximum Gasteiger partial charge on any atom is 0.325 e. The SMILES string of the molecule is CC(C)(C)OC(=O)CNC(=O)C1=C(O)C2(CCOCC2)c2cccc(Cl)c2C1=O. The lowest BCUT2D eigenvalue weighted by molar-refractivity contribution is -0.154. The van der Waals surface area contributed by atoms with E-state index in [2.05, 4.69) is 5.32 Å². The first-order valence-corrected chi connectivity index (χ1v) is 9.80. The molecule has 0 aromatic heterocycles. The van der Waals surface area contributed by atoms with E-state index in [0.717, 1.165) is 0 Å². The van der Waals surface area contributed by atoms with Crippen molar-refractivity contribution >= 4 is 29.3 Å². The lowest BCUT2D eigenvalue weighted by Crippen LogP contribution is -2.45. The number of esters is 1. The molecule has 1 aromatic carbocycles. The number of ketones is 1. The number of hydrogen-bond acceptors (Lipinski definition) is 6. The van der Waals surface area contributed by atoms with Gasteiger partial charge < -0.3 is 19.9 Å². The average Bonchev–Trinajstić information content (AvgIpc) is 2.64. The standard InChI is InChI=1S/C21H24ClNO6/c1-20(2,3)29-14(24)11-23-19(27)16-17(25)15-12(5-4-6-13(15)22)21(18(16)26)7-9-28-10-8-21/h4-6,26H,7-11H2,1-3H3,(H,23,27). The third-order valence-electron chi connectivity index (χ3n) is 5.06. The number of allylic oxidation sites excluding steroid dienone is 1. The van der Waals surface area contributed by atoms with Gasteiger partial charge in [0, 0.05) is 18.8 Å². The highest BCUT2D eigenvalue weighted by Crippen LogP contribution is 2.48. The first kappa shape index (κ1) is 21.3. The Labute approximate surface area is 174 Å². The highest BCUT2D eigenvalue weighted by Gasteiger charge is 2.49. The summed E-state index contributed by atoms with van der Waals surface area (Å²) < 4.78 is 10.6. The van der Waals surface area contributed by atoms with E-state index in [1.54, 1.807) is 39.0 Å². The van der Waals surface area contributed by atoms with E-state index in [1.165, 1.54) is 0 Å². The molecule has 2 aliphatic rings. The summed E-state index contributed by atoms with van der Waals surface area (Å²) in [6, 6.07) is 5.03. The van der Waals surface area contributed by atoms with Crippen molar-refractivity contribution in [3.8, 4) is 0 Å². The van der Waals surface area contributed by atoms with Crippen LogP contribution in [0, 0.1) is 0 Å². The Morgan fingerprint density at radius 3 is 2.55 bits per heavy atom. The monoisotopic (exact) mass is 421 g/mol. The molecule has 1 heterocycles. The number of ether oxygens (including phenoxy) is 2. The van der Waals surface area contributed by atoms with Crippen LogP contribution in [0.5, 0.6) is 0 Å². The Morgan fingerprint density at radius 2 is 1.93 bits per heavy atom. The van der Waals surface area contributed by atoms with Gasteiger partial charge in [-0.25, -0.2) is 0 Å². The van der Waals surface area contributed by atoms with Gasteiger partial charge >= 0.3 is 5.97 Å². The normalized spacial score (nSPS) is 18.4. The first-order valence-electron chi connectivity index (χ1n) is 9.42. The average molecular weight is 422 g/mol. The molecule has 8 heteroatoms. The van der Waals surface area contributed by atoms with Crippen LogP contribution in [0.25, 0.3) is 0 Å². The van der Waals surface area contributed by atoms with Crippen LogP contribution in [0.1, 0.15) is 49.5 Å². The van der Waals surface area contributed by atoms with Gasteiger partial charge in [-0.1, -0.05) is 23.7 Å². The maximum atomic E-state index is 13.1. The maximum absolute atomic E-state index is 13.1. The summed E-state index contributed by atoms with van der Waals surface area (Å²) in [6.45, 7) is 5.44. The predicted molar refractivity (Wildman–Crippen MR) is 106 cm³/mol. The minimum absolute atomic E-state index is 0.205. The molecule has 1 fully saturated rings. The van der Waals surface area contributed by atoms with Crippen molar-refractivity contribution in [3.63, 3.8) is 0 Å². The van der Waals surface area contributed by atoms with E-state index >= 15 is 0 Å². The van der Waals surface area contributed by atoms with Crippen LogP contribution >= 0.6 is 11.6 Å². The predicted octanol–water partition coefficient (Wildman–Crippen LogP) is 2.85. The van der Waals surface area contributed by atoms with Gasteiger partial charge in [-0.2, -0.15) is 0 Å². The first-order chi connectivity index (χ1) is 13.6. The topological polar surface area (TPSA) is 102 Å². The fourth-order valence-electron chi connectivity index (χ4n) is 3.81. The van der Waals surface area contributed by atoms with E-state index in [4.69, 9.17) is 21.1 Å². The number of aliphatic hydroxyl groups excluding tert-OH is 1. The van der Waals surface area contributed by atoms with Crippen molar-refractivity contribution in [1.29, 1.82) is 0 Å². The van der Waals surface area contributed by atoms with E-state index in [-0.39, 0.29) is 16.3 Å². The van der Waals surface area contributed by atoms with E-state index in [0.29, 0.717) is 31.6 Å². The van der Waals surface area contributed by atoms with Crippen molar-refractivity contribution in [3.05, 3.63) is 45.7 Å². The molecule has 1 aromatic rings. The molecule has 29 heavy (non-hydrogen) atoms. The number of aliphatic hydroxyl groups is 1. The zero-order valence-corrected chi connectivity index (χ0v) is 17.4. The summed E-state index contributed by atoms with van der Waals surface area (Å²) in [5.74, 6) is -2.45. The van der Waals surface area contributed by atoms with Crippen LogP contribution in [-0.2, 0) is 24.5 Å². The quantitative estimate of drug-likeness (QED) is 0.574. The number of nitrogens with one attached hydrogen (secondary N) is 1. The number of carbonyl (C=O) groups excluding carboxylic acids is 3. The minimum atomic E-state index is -0.926. The number of carbonyl (C=O) groups is 3. The molecule has 156 valence electrons. The minimum Gasteiger partial charge on any atom is -0.510 e. The highest BCUT2D eigenvalue weighted by atomic mass is 35.5. The van der Waals surface area contributed by atoms with Crippen molar-refractivity contribution in [2.24, 2.45) is 0 Å². The zero-order valence-electron chi connectivity index (χ0n) is 16.6. The van der Waals surface area contributed by atoms with Gasteiger partial charge in [-0.15, -0.1) is 0 Å². The molecule has 1 saturated heterocycles. The Morgan fingerprint density at radius 1 is 1.28 bits per heavy atom. The molecule has 0 unspecified atom stereocenters. The van der Waals surface area contributed by atoms with E-state index in [1.807, 2.05) is 0 Å². The number of halogens is 1. The largest absolute Gasteiger partial charge is 0.510 e. The Bertz CT molecular complexity index is 893. The summed E-state index contributed by atoms with van der Waals surface area (Å²) in [4.78, 5) is 37.8. The molecule has 1 amide bonds. The summed E-state index contributed by atoms with van der Waals surface area (Å²) in [5.41, 5.74) is -1.22. The van der Waals surface area contributed by atoms with Gasteiger partial charge in [0.1, 0.15) is 23.5 Å². The van der Waals surface area contributed by atoms with Gasteiger partial charge in [0.15, 0.2) is 0 Å². The van der Waals surface area contributed by atoms with Gasteiger partial charge in [0.05, 0.1) is 10.4 Å². The molecule has 1 spiro atoms. The second kappa shape index (κ2) is 7.80. The molecule has 3 rings (SSSR count). The van der Waals surface area contributed by atoms with Crippen molar-refractivity contribution in [2.45, 2.75) is 44.6 Å². The molecule has 1 aliphatic carbocycles. The number of benzene rings is 1. The number of hydrogen-bond donors (Lipinski definition) is 2. The van der Waals surface area contributed by atoms with Crippen LogP contribution in [0.15, 0.2) is 29.5 Å². The van der Waals surface area contributed by atoms with Crippen molar-refractivity contribution in [1.82, 2.24) is 5.32 Å². The fourth-order valence-corrected chi connectivity index (χ4v) is 4.07. The number of rotatable bonds is 3. The van der Waals surface area contributed by atoms with E-state index < -0.39 is 40.8 Å². The summed E-state index contributed by atoms with van der Waals surface area (Å²) in [5, 5.41) is 13.7. The molecule has 0 radical (unpaired) electrons. The second-order valence-corrected chi connectivity index (χ2v) is 8.59. The fraction of sp³-hybridized carbons (Fsp3) is 0.476. The van der Waals surface area contributed by atoms with Crippen LogP contribution < -0.4 is 5.32 Å². The van der Waals surface area contributed by atoms with Gasteiger partial charge in [-0.05, 0) is 45.2 Å². The summed E-state index contributed by atoms with van der Waals surface area (Å²) in [7, 11) is 0. The molecule has 0 saturated carbocycles. The lowest BCUT2D eigenvalue weighted by Gasteiger charge is -2.41. The summed E-state index contributed by atoms with van der Waals surface area (Å²) >= 11 is 6.30. The molecular formula is C21H24ClNO6. The smallest absolute Gasteiger partial charge is 0.325 e. The zero-order chi connectivity index (χ0) is 21.4. The second-order valence-electron chi connectivity index (χ2n) is 8.18. The number of Topliss-reactive ketones (excluding diaryl/α,β-unsaturated/α-hetero) is 1. The number of amides is 1. The van der Waals surface area contributed by atoms with Crippen LogP contribution in [0.2, 0.25) is 5.02 Å². The number of fused-ring (bicyclic) bond motifs is 2.